The summed E-state index contributed by atoms with van der Waals surface area (Å²) in [4.78, 5) is 37.1. The molecule has 0 bridgehead atoms. The molecule has 4 amide bonds. The minimum atomic E-state index is -0.589. The van der Waals surface area contributed by atoms with Gasteiger partial charge in [-0.1, -0.05) is 12.1 Å². The SMILES string of the molecule is CNC(=O)NC(=O)CNc1ccccc1C(=O)N1CCC[C@@H]1CO. The van der Waals surface area contributed by atoms with E-state index in [4.69, 9.17) is 0 Å². The van der Waals surface area contributed by atoms with E-state index in [0.717, 1.165) is 12.8 Å². The minimum Gasteiger partial charge on any atom is -0.394 e. The Kier molecular flexibility index (Phi) is 6.14. The zero-order chi connectivity index (χ0) is 17.5. The van der Waals surface area contributed by atoms with Gasteiger partial charge in [-0.25, -0.2) is 4.79 Å². The molecule has 1 aliphatic heterocycles. The van der Waals surface area contributed by atoms with Gasteiger partial charge in [-0.3, -0.25) is 14.9 Å². The van der Waals surface area contributed by atoms with Crippen molar-refractivity contribution < 1.29 is 19.5 Å². The third-order valence-corrected chi connectivity index (χ3v) is 3.93. The molecule has 1 aromatic carbocycles. The summed E-state index contributed by atoms with van der Waals surface area (Å²) >= 11 is 0. The Morgan fingerprint density at radius 2 is 2.04 bits per heavy atom. The average Bonchev–Trinajstić information content (AvgIpc) is 3.08. The molecule has 24 heavy (non-hydrogen) atoms. The molecule has 1 atom stereocenters. The van der Waals surface area contributed by atoms with Crippen LogP contribution in [0.15, 0.2) is 24.3 Å². The van der Waals surface area contributed by atoms with Crippen molar-refractivity contribution in [2.75, 3.05) is 32.1 Å². The molecule has 1 aliphatic rings. The number of para-hydroxylation sites is 1. The molecule has 8 heteroatoms. The minimum absolute atomic E-state index is 0.0597. The number of likely N-dealkylation sites (tertiary alicyclic amines) is 1. The number of carbonyl (C=O) groups is 3. The lowest BCUT2D eigenvalue weighted by atomic mass is 10.1. The van der Waals surface area contributed by atoms with Crippen LogP contribution >= 0.6 is 0 Å². The zero-order valence-electron chi connectivity index (χ0n) is 13.5. The Bertz CT molecular complexity index is 620. The molecule has 2 rings (SSSR count). The number of hydrogen-bond donors (Lipinski definition) is 4. The van der Waals surface area contributed by atoms with Gasteiger partial charge in [0.2, 0.25) is 5.91 Å². The number of benzene rings is 1. The molecule has 0 aliphatic carbocycles. The molecule has 0 radical (unpaired) electrons. The number of carbonyl (C=O) groups excluding carboxylic acids is 3. The van der Waals surface area contributed by atoms with Crippen LogP contribution in [0, 0.1) is 0 Å². The lowest BCUT2D eigenvalue weighted by Crippen LogP contribution is -2.40. The van der Waals surface area contributed by atoms with E-state index in [1.54, 1.807) is 29.2 Å². The molecular formula is C16H22N4O4. The maximum Gasteiger partial charge on any atom is 0.321 e. The van der Waals surface area contributed by atoms with Crippen LogP contribution in [-0.4, -0.2) is 60.6 Å². The van der Waals surface area contributed by atoms with Crippen molar-refractivity contribution in [2.45, 2.75) is 18.9 Å². The third-order valence-electron chi connectivity index (χ3n) is 3.93. The molecule has 1 fully saturated rings. The highest BCUT2D eigenvalue weighted by Gasteiger charge is 2.29. The predicted molar refractivity (Wildman–Crippen MR) is 88.7 cm³/mol. The van der Waals surface area contributed by atoms with Crippen LogP contribution in [0.4, 0.5) is 10.5 Å². The van der Waals surface area contributed by atoms with Gasteiger partial charge in [0, 0.05) is 19.3 Å². The summed E-state index contributed by atoms with van der Waals surface area (Å²) in [7, 11) is 1.41. The fraction of sp³-hybridized carbons (Fsp3) is 0.438. The normalized spacial score (nSPS) is 16.6. The van der Waals surface area contributed by atoms with Crippen LogP contribution < -0.4 is 16.0 Å². The number of nitrogens with zero attached hydrogens (tertiary/aromatic N) is 1. The summed E-state index contributed by atoms with van der Waals surface area (Å²) in [6.07, 6.45) is 1.65. The molecule has 0 spiro atoms. The molecule has 1 heterocycles. The van der Waals surface area contributed by atoms with E-state index in [0.29, 0.717) is 17.8 Å². The first-order valence-electron chi connectivity index (χ1n) is 7.83. The number of amides is 4. The maximum absolute atomic E-state index is 12.7. The first kappa shape index (κ1) is 17.7. The van der Waals surface area contributed by atoms with E-state index < -0.39 is 11.9 Å². The second-order valence-corrected chi connectivity index (χ2v) is 5.50. The maximum atomic E-state index is 12.7. The summed E-state index contributed by atoms with van der Waals surface area (Å²) in [5.41, 5.74) is 0.948. The van der Waals surface area contributed by atoms with E-state index in [9.17, 15) is 19.5 Å². The van der Waals surface area contributed by atoms with Crippen LogP contribution in [0.1, 0.15) is 23.2 Å². The Morgan fingerprint density at radius 1 is 1.29 bits per heavy atom. The number of hydrogen-bond acceptors (Lipinski definition) is 5. The van der Waals surface area contributed by atoms with Crippen LogP contribution in [-0.2, 0) is 4.79 Å². The summed E-state index contributed by atoms with van der Waals surface area (Å²) in [6, 6.07) is 6.12. The summed E-state index contributed by atoms with van der Waals surface area (Å²) in [5, 5.41) is 16.7. The third kappa shape index (κ3) is 4.23. The van der Waals surface area contributed by atoms with E-state index in [-0.39, 0.29) is 25.1 Å². The van der Waals surface area contributed by atoms with Crippen molar-refractivity contribution >= 4 is 23.5 Å². The van der Waals surface area contributed by atoms with E-state index in [1.807, 2.05) is 0 Å². The van der Waals surface area contributed by atoms with Crippen molar-refractivity contribution in [2.24, 2.45) is 0 Å². The monoisotopic (exact) mass is 334 g/mol. The second-order valence-electron chi connectivity index (χ2n) is 5.50. The first-order valence-corrected chi connectivity index (χ1v) is 7.83. The largest absolute Gasteiger partial charge is 0.394 e. The molecule has 0 saturated carbocycles. The van der Waals surface area contributed by atoms with Gasteiger partial charge in [-0.15, -0.1) is 0 Å². The quantitative estimate of drug-likeness (QED) is 0.613. The summed E-state index contributed by atoms with van der Waals surface area (Å²) < 4.78 is 0. The number of aliphatic hydroxyl groups excluding tert-OH is 1. The Labute approximate surface area is 140 Å². The van der Waals surface area contributed by atoms with Gasteiger partial charge in [0.1, 0.15) is 0 Å². The number of aliphatic hydroxyl groups is 1. The molecule has 1 aromatic rings. The lowest BCUT2D eigenvalue weighted by molar-refractivity contribution is -0.118. The van der Waals surface area contributed by atoms with Gasteiger partial charge in [-0.05, 0) is 25.0 Å². The van der Waals surface area contributed by atoms with Gasteiger partial charge in [0.25, 0.3) is 5.91 Å². The Balaban J connectivity index is 2.06. The smallest absolute Gasteiger partial charge is 0.321 e. The number of imide groups is 1. The Morgan fingerprint density at radius 3 is 2.75 bits per heavy atom. The number of nitrogens with one attached hydrogen (secondary N) is 3. The van der Waals surface area contributed by atoms with E-state index in [2.05, 4.69) is 16.0 Å². The van der Waals surface area contributed by atoms with Crippen LogP contribution in [0.5, 0.6) is 0 Å². The molecule has 130 valence electrons. The molecule has 0 unspecified atom stereocenters. The molecule has 0 aromatic heterocycles. The van der Waals surface area contributed by atoms with Crippen LogP contribution in [0.3, 0.4) is 0 Å². The van der Waals surface area contributed by atoms with Crippen molar-refractivity contribution in [1.29, 1.82) is 0 Å². The highest BCUT2D eigenvalue weighted by Crippen LogP contribution is 2.23. The Hall–Kier alpha value is -2.61. The van der Waals surface area contributed by atoms with E-state index in [1.165, 1.54) is 7.05 Å². The molecule has 4 N–H and O–H groups in total. The van der Waals surface area contributed by atoms with E-state index >= 15 is 0 Å². The van der Waals surface area contributed by atoms with Crippen LogP contribution in [0.2, 0.25) is 0 Å². The first-order chi connectivity index (χ1) is 11.6. The van der Waals surface area contributed by atoms with Gasteiger partial charge in [-0.2, -0.15) is 0 Å². The molecular weight excluding hydrogens is 312 g/mol. The van der Waals surface area contributed by atoms with Gasteiger partial charge in [0.05, 0.1) is 24.8 Å². The summed E-state index contributed by atoms with van der Waals surface area (Å²) in [6.45, 7) is 0.409. The van der Waals surface area contributed by atoms with Crippen molar-refractivity contribution in [3.63, 3.8) is 0 Å². The van der Waals surface area contributed by atoms with Gasteiger partial charge in [0.15, 0.2) is 0 Å². The number of urea groups is 1. The topological polar surface area (TPSA) is 111 Å². The number of rotatable bonds is 5. The fourth-order valence-corrected chi connectivity index (χ4v) is 2.68. The van der Waals surface area contributed by atoms with Gasteiger partial charge < -0.3 is 20.6 Å². The average molecular weight is 334 g/mol. The summed E-state index contributed by atoms with van der Waals surface area (Å²) in [5.74, 6) is -0.688. The zero-order valence-corrected chi connectivity index (χ0v) is 13.5. The van der Waals surface area contributed by atoms with Gasteiger partial charge >= 0.3 is 6.03 Å². The highest BCUT2D eigenvalue weighted by molar-refractivity contribution is 6.01. The fourth-order valence-electron chi connectivity index (χ4n) is 2.68. The standard InChI is InChI=1S/C16H22N4O4/c1-17-16(24)19-14(22)9-18-13-7-3-2-6-12(13)15(23)20-8-4-5-11(20)10-21/h2-3,6-7,11,18,21H,4-5,8-10H2,1H3,(H2,17,19,22,24)/t11-/m1/s1. The highest BCUT2D eigenvalue weighted by atomic mass is 16.3. The van der Waals surface area contributed by atoms with Crippen LogP contribution in [0.25, 0.3) is 0 Å². The molecule has 8 nitrogen and oxygen atoms in total. The van der Waals surface area contributed by atoms with Crippen molar-refractivity contribution in [1.82, 2.24) is 15.5 Å². The lowest BCUT2D eigenvalue weighted by Gasteiger charge is -2.24. The van der Waals surface area contributed by atoms with Crippen molar-refractivity contribution in [3.8, 4) is 0 Å². The number of anilines is 1. The molecule has 1 saturated heterocycles. The van der Waals surface area contributed by atoms with Crippen molar-refractivity contribution in [3.05, 3.63) is 29.8 Å². The predicted octanol–water partition coefficient (Wildman–Crippen LogP) is 0.151. The second kappa shape index (κ2) is 8.30.